The quantitative estimate of drug-likeness (QED) is 0.361. The van der Waals surface area contributed by atoms with E-state index in [0.29, 0.717) is 28.4 Å². The Hall–Kier alpha value is -4.70. The van der Waals surface area contributed by atoms with Crippen molar-refractivity contribution in [3.05, 3.63) is 60.4 Å². The number of nitrogens with one attached hydrogen (secondary N) is 2. The molecule has 0 bridgehead atoms. The molecule has 0 atom stereocenters. The second-order valence-electron chi connectivity index (χ2n) is 8.34. The van der Waals surface area contributed by atoms with Crippen molar-refractivity contribution in [1.29, 1.82) is 0 Å². The predicted octanol–water partition coefficient (Wildman–Crippen LogP) is 3.79. The normalized spacial score (nSPS) is 12.7. The summed E-state index contributed by atoms with van der Waals surface area (Å²) in [6, 6.07) is 15.7. The van der Waals surface area contributed by atoms with Crippen molar-refractivity contribution in [3.63, 3.8) is 0 Å². The zero-order chi connectivity index (χ0) is 23.5. The summed E-state index contributed by atoms with van der Waals surface area (Å²) >= 11 is 0. The lowest BCUT2D eigenvalue weighted by atomic mass is 10.0. The van der Waals surface area contributed by atoms with Crippen LogP contribution in [0.4, 0.5) is 0 Å². The van der Waals surface area contributed by atoms with Gasteiger partial charge in [0.25, 0.3) is 0 Å². The highest BCUT2D eigenvalue weighted by molar-refractivity contribution is 5.96. The first-order valence-electron chi connectivity index (χ1n) is 11.1. The van der Waals surface area contributed by atoms with Crippen molar-refractivity contribution >= 4 is 22.1 Å². The van der Waals surface area contributed by atoms with E-state index in [1.165, 1.54) is 0 Å². The summed E-state index contributed by atoms with van der Waals surface area (Å²) in [5.74, 6) is 2.08. The van der Waals surface area contributed by atoms with Crippen LogP contribution in [0.5, 0.6) is 11.5 Å². The number of aliphatic hydroxyl groups is 1. The number of aromatic nitrogens is 7. The molecule has 10 nitrogen and oxygen atoms in total. The third kappa shape index (κ3) is 3.07. The van der Waals surface area contributed by atoms with Crippen LogP contribution < -0.4 is 9.47 Å². The number of ether oxygens (including phenoxy) is 2. The number of rotatable bonds is 4. The van der Waals surface area contributed by atoms with E-state index in [4.69, 9.17) is 19.4 Å². The van der Waals surface area contributed by atoms with Gasteiger partial charge in [0, 0.05) is 24.4 Å². The number of hydrogen-bond acceptors (Lipinski definition) is 7. The first kappa shape index (κ1) is 19.7. The Balaban J connectivity index is 1.36. The fourth-order valence-corrected chi connectivity index (χ4v) is 4.52. The molecule has 4 aromatic heterocycles. The van der Waals surface area contributed by atoms with Crippen LogP contribution in [0.15, 0.2) is 54.7 Å². The van der Waals surface area contributed by atoms with Crippen LogP contribution in [-0.2, 0) is 13.7 Å². The average molecular weight is 465 g/mol. The number of nitrogens with zero attached hydrogens (tertiary/aromatic N) is 5. The summed E-state index contributed by atoms with van der Waals surface area (Å²) in [6.07, 6.45) is 1.85. The molecule has 10 heteroatoms. The molecule has 3 N–H and O–H groups in total. The van der Waals surface area contributed by atoms with E-state index in [1.807, 2.05) is 61.8 Å². The third-order valence-electron chi connectivity index (χ3n) is 6.16. The van der Waals surface area contributed by atoms with Gasteiger partial charge in [-0.2, -0.15) is 10.2 Å². The maximum Gasteiger partial charge on any atom is 0.231 e. The molecule has 35 heavy (non-hydrogen) atoms. The summed E-state index contributed by atoms with van der Waals surface area (Å²) in [5.41, 5.74) is 7.80. The number of aryl methyl sites for hydroxylation is 1. The van der Waals surface area contributed by atoms with Gasteiger partial charge in [-0.1, -0.05) is 18.2 Å². The molecular weight excluding hydrogens is 446 g/mol. The van der Waals surface area contributed by atoms with Gasteiger partial charge in [-0.3, -0.25) is 9.78 Å². The SMILES string of the molecule is Cn1cc(-c2ccc3[nH]nc(-c4nc5c(-c6ccc7c(c6)OCO7)cccc5[nH]4)c3n2)c(CO)n1. The minimum Gasteiger partial charge on any atom is -0.454 e. The van der Waals surface area contributed by atoms with Gasteiger partial charge in [0.1, 0.15) is 5.52 Å². The Morgan fingerprint density at radius 2 is 1.89 bits per heavy atom. The van der Waals surface area contributed by atoms with Crippen molar-refractivity contribution in [2.75, 3.05) is 6.79 Å². The zero-order valence-corrected chi connectivity index (χ0v) is 18.6. The largest absolute Gasteiger partial charge is 0.454 e. The van der Waals surface area contributed by atoms with Crippen molar-refractivity contribution in [2.45, 2.75) is 6.61 Å². The Bertz CT molecular complexity index is 1750. The highest BCUT2D eigenvalue weighted by Crippen LogP contribution is 2.38. The Labute approximate surface area is 198 Å². The number of hydrogen-bond donors (Lipinski definition) is 3. The minimum atomic E-state index is -0.166. The summed E-state index contributed by atoms with van der Waals surface area (Å²) < 4.78 is 12.7. The van der Waals surface area contributed by atoms with E-state index in [9.17, 15) is 5.11 Å². The number of imidazole rings is 1. The molecule has 0 amide bonds. The molecule has 0 aliphatic carbocycles. The van der Waals surface area contributed by atoms with E-state index in [1.54, 1.807) is 4.68 Å². The maximum absolute atomic E-state index is 9.70. The Morgan fingerprint density at radius 3 is 2.80 bits per heavy atom. The molecule has 5 heterocycles. The van der Waals surface area contributed by atoms with Crippen LogP contribution in [0, 0.1) is 0 Å². The molecule has 1 aliphatic heterocycles. The number of benzene rings is 2. The monoisotopic (exact) mass is 465 g/mol. The lowest BCUT2D eigenvalue weighted by Gasteiger charge is -2.04. The molecule has 0 saturated carbocycles. The van der Waals surface area contributed by atoms with E-state index in [2.05, 4.69) is 20.3 Å². The van der Waals surface area contributed by atoms with Crippen molar-refractivity contribution in [1.82, 2.24) is 34.9 Å². The van der Waals surface area contributed by atoms with Gasteiger partial charge in [-0.25, -0.2) is 9.97 Å². The molecule has 0 unspecified atom stereocenters. The lowest BCUT2D eigenvalue weighted by Crippen LogP contribution is -1.92. The number of aromatic amines is 2. The summed E-state index contributed by atoms with van der Waals surface area (Å²) in [5, 5.41) is 21.6. The smallest absolute Gasteiger partial charge is 0.231 e. The van der Waals surface area contributed by atoms with Crippen molar-refractivity contribution in [3.8, 4) is 45.4 Å². The maximum atomic E-state index is 9.70. The fourth-order valence-electron chi connectivity index (χ4n) is 4.52. The van der Waals surface area contributed by atoms with Gasteiger partial charge in [0.05, 0.1) is 34.5 Å². The van der Waals surface area contributed by atoms with Gasteiger partial charge in [0.15, 0.2) is 23.0 Å². The summed E-state index contributed by atoms with van der Waals surface area (Å²) in [4.78, 5) is 13.1. The van der Waals surface area contributed by atoms with Crippen molar-refractivity contribution < 1.29 is 14.6 Å². The first-order valence-corrected chi connectivity index (χ1v) is 11.1. The van der Waals surface area contributed by atoms with Gasteiger partial charge >= 0.3 is 0 Å². The molecule has 6 aromatic rings. The molecule has 1 aliphatic rings. The zero-order valence-electron chi connectivity index (χ0n) is 18.6. The molecule has 0 saturated heterocycles. The van der Waals surface area contributed by atoms with Crippen LogP contribution in [0.25, 0.3) is 56.0 Å². The van der Waals surface area contributed by atoms with Crippen LogP contribution in [-0.4, -0.2) is 46.8 Å². The number of H-pyrrole nitrogens is 2. The highest BCUT2D eigenvalue weighted by Gasteiger charge is 2.19. The molecule has 0 spiro atoms. The van der Waals surface area contributed by atoms with Crippen LogP contribution in [0.2, 0.25) is 0 Å². The van der Waals surface area contributed by atoms with Gasteiger partial charge in [-0.15, -0.1) is 0 Å². The molecule has 7 rings (SSSR count). The van der Waals surface area contributed by atoms with E-state index >= 15 is 0 Å². The standard InChI is InChI=1S/C25H19N7O3/c1-32-10-15(19(11-33)31-32)16-6-7-18-23(26-16)24(30-29-18)25-27-17-4-2-3-14(22(17)28-25)13-5-8-20-21(9-13)35-12-34-20/h2-10,33H,11-12H2,1H3,(H,27,28)(H,29,30). The average Bonchev–Trinajstić information content (AvgIpc) is 3.66. The first-order chi connectivity index (χ1) is 17.2. The second kappa shape index (κ2) is 7.40. The van der Waals surface area contributed by atoms with Crippen LogP contribution in [0.1, 0.15) is 5.69 Å². The molecule has 2 aromatic carbocycles. The number of para-hydroxylation sites is 1. The van der Waals surface area contributed by atoms with Crippen LogP contribution in [0.3, 0.4) is 0 Å². The number of fused-ring (bicyclic) bond motifs is 3. The predicted molar refractivity (Wildman–Crippen MR) is 129 cm³/mol. The molecular formula is C25H19N7O3. The third-order valence-corrected chi connectivity index (χ3v) is 6.16. The van der Waals surface area contributed by atoms with E-state index in [0.717, 1.165) is 44.7 Å². The van der Waals surface area contributed by atoms with Gasteiger partial charge < -0.3 is 19.6 Å². The van der Waals surface area contributed by atoms with E-state index in [-0.39, 0.29) is 13.4 Å². The number of aliphatic hydroxyl groups excluding tert-OH is 1. The molecule has 0 radical (unpaired) electrons. The second-order valence-corrected chi connectivity index (χ2v) is 8.34. The van der Waals surface area contributed by atoms with E-state index < -0.39 is 0 Å². The topological polar surface area (TPSA) is 127 Å². The Kier molecular flexibility index (Phi) is 4.18. The minimum absolute atomic E-state index is 0.166. The summed E-state index contributed by atoms with van der Waals surface area (Å²) in [7, 11) is 1.82. The van der Waals surface area contributed by atoms with Gasteiger partial charge in [-0.05, 0) is 35.9 Å². The molecule has 0 fully saturated rings. The summed E-state index contributed by atoms with van der Waals surface area (Å²) in [6.45, 7) is 0.0654. The fraction of sp³-hybridized carbons (Fsp3) is 0.120. The molecule has 172 valence electrons. The van der Waals surface area contributed by atoms with Gasteiger partial charge in [0.2, 0.25) is 6.79 Å². The Morgan fingerprint density at radius 1 is 0.971 bits per heavy atom. The lowest BCUT2D eigenvalue weighted by molar-refractivity contribution is 0.174. The number of pyridine rings is 1. The highest BCUT2D eigenvalue weighted by atomic mass is 16.7. The van der Waals surface area contributed by atoms with Crippen LogP contribution >= 0.6 is 0 Å². The van der Waals surface area contributed by atoms with Crippen molar-refractivity contribution in [2.24, 2.45) is 7.05 Å².